The van der Waals surface area contributed by atoms with Gasteiger partial charge in [0.05, 0.1) is 22.3 Å². The van der Waals surface area contributed by atoms with Gasteiger partial charge in [-0.15, -0.1) is 0 Å². The number of hydrogen-bond acceptors (Lipinski definition) is 3. The third-order valence-electron chi connectivity index (χ3n) is 2.52. The standard InChI is InChI=1S/C13H7Br2ClN2O2S/c14-9-2-3-10(15)12(6-9)18-21(19,20)13-5-8(7-17)1-4-11(13)16/h1-6,18H. The van der Waals surface area contributed by atoms with Gasteiger partial charge >= 0.3 is 0 Å². The average molecular weight is 451 g/mol. The van der Waals surface area contributed by atoms with Crippen LogP contribution in [0.4, 0.5) is 5.69 Å². The Morgan fingerprint density at radius 3 is 2.52 bits per heavy atom. The number of rotatable bonds is 3. The van der Waals surface area contributed by atoms with E-state index in [4.69, 9.17) is 16.9 Å². The molecule has 0 aliphatic carbocycles. The Kier molecular flexibility index (Phi) is 4.94. The lowest BCUT2D eigenvalue weighted by molar-refractivity contribution is 0.601. The predicted molar refractivity (Wildman–Crippen MR) is 88.8 cm³/mol. The molecule has 2 aromatic carbocycles. The van der Waals surface area contributed by atoms with E-state index in [1.807, 2.05) is 6.07 Å². The Balaban J connectivity index is 2.48. The Labute approximate surface area is 144 Å². The van der Waals surface area contributed by atoms with Crippen molar-refractivity contribution >= 4 is 59.2 Å². The molecule has 0 bridgehead atoms. The molecule has 2 aromatic rings. The van der Waals surface area contributed by atoms with Crippen molar-refractivity contribution in [2.75, 3.05) is 4.72 Å². The van der Waals surface area contributed by atoms with E-state index >= 15 is 0 Å². The lowest BCUT2D eigenvalue weighted by Crippen LogP contribution is -2.14. The molecule has 0 saturated heterocycles. The highest BCUT2D eigenvalue weighted by atomic mass is 79.9. The van der Waals surface area contributed by atoms with Crippen molar-refractivity contribution in [1.82, 2.24) is 0 Å². The zero-order valence-corrected chi connectivity index (χ0v) is 15.0. The van der Waals surface area contributed by atoms with Crippen molar-refractivity contribution in [2.45, 2.75) is 4.90 Å². The van der Waals surface area contributed by atoms with Crippen molar-refractivity contribution in [1.29, 1.82) is 5.26 Å². The van der Waals surface area contributed by atoms with Gasteiger partial charge in [0.1, 0.15) is 4.90 Å². The van der Waals surface area contributed by atoms with Crippen LogP contribution in [0, 0.1) is 11.3 Å². The van der Waals surface area contributed by atoms with Crippen LogP contribution in [0.3, 0.4) is 0 Å². The first-order chi connectivity index (χ1) is 9.83. The molecule has 1 N–H and O–H groups in total. The highest BCUT2D eigenvalue weighted by Crippen LogP contribution is 2.30. The summed E-state index contributed by atoms with van der Waals surface area (Å²) in [4.78, 5) is -0.143. The summed E-state index contributed by atoms with van der Waals surface area (Å²) in [5.74, 6) is 0. The minimum absolute atomic E-state index is 0.0487. The molecular weight excluding hydrogens is 443 g/mol. The molecule has 0 aliphatic rings. The molecule has 21 heavy (non-hydrogen) atoms. The van der Waals surface area contributed by atoms with Gasteiger partial charge in [-0.1, -0.05) is 27.5 Å². The average Bonchev–Trinajstić information content (AvgIpc) is 2.43. The summed E-state index contributed by atoms with van der Waals surface area (Å²) in [6, 6.07) is 11.0. The number of benzene rings is 2. The fraction of sp³-hybridized carbons (Fsp3) is 0. The molecule has 8 heteroatoms. The summed E-state index contributed by atoms with van der Waals surface area (Å²) in [6.45, 7) is 0. The molecule has 0 fully saturated rings. The normalized spacial score (nSPS) is 11.0. The molecule has 0 unspecified atom stereocenters. The van der Waals surface area contributed by atoms with Crippen molar-refractivity contribution < 1.29 is 8.42 Å². The van der Waals surface area contributed by atoms with Gasteiger partial charge in [-0.05, 0) is 52.3 Å². The fourth-order valence-electron chi connectivity index (χ4n) is 1.55. The van der Waals surface area contributed by atoms with E-state index in [-0.39, 0.29) is 15.5 Å². The molecule has 0 aliphatic heterocycles. The third-order valence-corrected chi connectivity index (χ3v) is 5.55. The van der Waals surface area contributed by atoms with Gasteiger partial charge in [0.15, 0.2) is 0 Å². The minimum Gasteiger partial charge on any atom is -0.278 e. The first-order valence-corrected chi connectivity index (χ1v) is 8.96. The SMILES string of the molecule is N#Cc1ccc(Cl)c(S(=O)(=O)Nc2cc(Br)ccc2Br)c1. The quantitative estimate of drug-likeness (QED) is 0.747. The third kappa shape index (κ3) is 3.77. The van der Waals surface area contributed by atoms with Crippen LogP contribution in [0.25, 0.3) is 0 Å². The van der Waals surface area contributed by atoms with E-state index in [2.05, 4.69) is 36.6 Å². The summed E-state index contributed by atoms with van der Waals surface area (Å²) in [5.41, 5.74) is 0.580. The molecule has 4 nitrogen and oxygen atoms in total. The highest BCUT2D eigenvalue weighted by molar-refractivity contribution is 9.11. The van der Waals surface area contributed by atoms with Gasteiger partial charge in [0, 0.05) is 8.95 Å². The maximum absolute atomic E-state index is 12.4. The van der Waals surface area contributed by atoms with Crippen LogP contribution in [-0.4, -0.2) is 8.42 Å². The van der Waals surface area contributed by atoms with Gasteiger partial charge in [0.2, 0.25) is 0 Å². The maximum Gasteiger partial charge on any atom is 0.263 e. The number of nitrogens with one attached hydrogen (secondary N) is 1. The van der Waals surface area contributed by atoms with Crippen LogP contribution in [0.1, 0.15) is 5.56 Å². The first-order valence-electron chi connectivity index (χ1n) is 5.51. The lowest BCUT2D eigenvalue weighted by Gasteiger charge is -2.11. The van der Waals surface area contributed by atoms with E-state index in [1.54, 1.807) is 18.2 Å². The van der Waals surface area contributed by atoms with E-state index in [1.165, 1.54) is 18.2 Å². The molecule has 108 valence electrons. The lowest BCUT2D eigenvalue weighted by atomic mass is 10.2. The van der Waals surface area contributed by atoms with Crippen molar-refractivity contribution in [3.63, 3.8) is 0 Å². The van der Waals surface area contributed by atoms with E-state index in [9.17, 15) is 8.42 Å². The van der Waals surface area contributed by atoms with Crippen LogP contribution in [0.5, 0.6) is 0 Å². The number of hydrogen-bond donors (Lipinski definition) is 1. The Morgan fingerprint density at radius 1 is 1.14 bits per heavy atom. The molecule has 0 aromatic heterocycles. The van der Waals surface area contributed by atoms with Crippen molar-refractivity contribution in [3.05, 3.63) is 55.9 Å². The van der Waals surface area contributed by atoms with E-state index < -0.39 is 10.0 Å². The molecule has 2 rings (SSSR count). The summed E-state index contributed by atoms with van der Waals surface area (Å²) in [5, 5.41) is 8.92. The molecule has 0 radical (unpaired) electrons. The second-order valence-corrected chi connectivity index (χ2v) is 7.81. The van der Waals surface area contributed by atoms with Gasteiger partial charge in [-0.3, -0.25) is 4.72 Å². The Morgan fingerprint density at radius 2 is 1.86 bits per heavy atom. The van der Waals surface area contributed by atoms with Crippen molar-refractivity contribution in [2.24, 2.45) is 0 Å². The van der Waals surface area contributed by atoms with Crippen LogP contribution in [0.15, 0.2) is 50.2 Å². The second-order valence-electron chi connectivity index (χ2n) is 3.99. The Hall–Kier alpha value is -1.07. The van der Waals surface area contributed by atoms with Crippen molar-refractivity contribution in [3.8, 4) is 6.07 Å². The summed E-state index contributed by atoms with van der Waals surface area (Å²) >= 11 is 12.5. The van der Waals surface area contributed by atoms with Gasteiger partial charge in [0.25, 0.3) is 10.0 Å². The molecule has 0 amide bonds. The number of anilines is 1. The van der Waals surface area contributed by atoms with Gasteiger partial charge in [-0.2, -0.15) is 5.26 Å². The Bertz CT molecular complexity index is 848. The smallest absolute Gasteiger partial charge is 0.263 e. The van der Waals surface area contributed by atoms with Crippen LogP contribution in [0.2, 0.25) is 5.02 Å². The van der Waals surface area contributed by atoms with Crippen LogP contribution >= 0.6 is 43.5 Å². The summed E-state index contributed by atoms with van der Waals surface area (Å²) < 4.78 is 28.6. The first kappa shape index (κ1) is 16.3. The highest BCUT2D eigenvalue weighted by Gasteiger charge is 2.20. The zero-order chi connectivity index (χ0) is 15.6. The number of nitriles is 1. The number of sulfonamides is 1. The molecule has 0 atom stereocenters. The molecular formula is C13H7Br2ClN2O2S. The minimum atomic E-state index is -3.90. The maximum atomic E-state index is 12.4. The van der Waals surface area contributed by atoms with Crippen LogP contribution < -0.4 is 4.72 Å². The predicted octanol–water partition coefficient (Wildman–Crippen LogP) is 4.54. The van der Waals surface area contributed by atoms with Gasteiger partial charge < -0.3 is 0 Å². The van der Waals surface area contributed by atoms with E-state index in [0.717, 1.165) is 4.47 Å². The molecule has 0 heterocycles. The monoisotopic (exact) mass is 448 g/mol. The molecule has 0 saturated carbocycles. The van der Waals surface area contributed by atoms with Crippen LogP contribution in [-0.2, 0) is 10.0 Å². The van der Waals surface area contributed by atoms with Gasteiger partial charge in [-0.25, -0.2) is 8.42 Å². The summed E-state index contributed by atoms with van der Waals surface area (Å²) in [6.07, 6.45) is 0. The topological polar surface area (TPSA) is 70.0 Å². The zero-order valence-electron chi connectivity index (χ0n) is 10.3. The molecule has 0 spiro atoms. The fourth-order valence-corrected chi connectivity index (χ4v) is 3.99. The second kappa shape index (κ2) is 6.36. The number of nitrogens with zero attached hydrogens (tertiary/aromatic N) is 1. The summed E-state index contributed by atoms with van der Waals surface area (Å²) in [7, 11) is -3.90. The largest absolute Gasteiger partial charge is 0.278 e. The van der Waals surface area contributed by atoms with E-state index in [0.29, 0.717) is 10.2 Å². The number of halogens is 3.